The van der Waals surface area contributed by atoms with Gasteiger partial charge in [-0.05, 0) is 37.1 Å². The normalized spacial score (nSPS) is 16.0. The van der Waals surface area contributed by atoms with E-state index in [1.165, 1.54) is 48.5 Å². The van der Waals surface area contributed by atoms with E-state index in [1.807, 2.05) is 0 Å². The van der Waals surface area contributed by atoms with Crippen molar-refractivity contribution in [1.29, 1.82) is 0 Å². The van der Waals surface area contributed by atoms with Gasteiger partial charge in [0.15, 0.2) is 20.3 Å². The number of sulfone groups is 1. The van der Waals surface area contributed by atoms with Crippen LogP contribution in [0.25, 0.3) is 0 Å². The molecule has 0 atom stereocenters. The van der Waals surface area contributed by atoms with Gasteiger partial charge in [-0.25, -0.2) is 23.9 Å². The maximum absolute atomic E-state index is 13.1. The van der Waals surface area contributed by atoms with E-state index in [0.29, 0.717) is 11.5 Å². The van der Waals surface area contributed by atoms with Gasteiger partial charge in [0, 0.05) is 13.2 Å². The summed E-state index contributed by atoms with van der Waals surface area (Å²) in [6.07, 6.45) is 4.37. The van der Waals surface area contributed by atoms with Crippen LogP contribution in [-0.2, 0) is 19.4 Å². The fourth-order valence-electron chi connectivity index (χ4n) is 3.04. The summed E-state index contributed by atoms with van der Waals surface area (Å²) in [5, 5.41) is 9.06. The zero-order valence-corrected chi connectivity index (χ0v) is 16.3. The number of hydrogen-bond donors (Lipinski definition) is 2. The van der Waals surface area contributed by atoms with E-state index in [9.17, 15) is 13.2 Å². The van der Waals surface area contributed by atoms with E-state index in [1.54, 1.807) is 0 Å². The zero-order valence-electron chi connectivity index (χ0n) is 15.5. The van der Waals surface area contributed by atoms with Crippen molar-refractivity contribution in [2.75, 3.05) is 26.4 Å². The van der Waals surface area contributed by atoms with Crippen molar-refractivity contribution in [3.63, 3.8) is 0 Å². The molecule has 1 saturated heterocycles. The first-order chi connectivity index (χ1) is 14.0. The molecule has 1 amide bonds. The molecule has 0 unspecified atom stereocenters. The molecule has 0 saturated carbocycles. The van der Waals surface area contributed by atoms with Crippen molar-refractivity contribution < 1.29 is 32.6 Å². The smallest absolute Gasteiger partial charge is 0.265 e. The molecule has 1 aromatic heterocycles. The number of nitrogens with zero attached hydrogens (tertiary/aromatic N) is 2. The lowest BCUT2D eigenvalue weighted by molar-refractivity contribution is -0.134. The fraction of sp³-hybridized carbons (Fsp3) is 0.389. The van der Waals surface area contributed by atoms with Gasteiger partial charge in [0.2, 0.25) is 0 Å². The van der Waals surface area contributed by atoms with E-state index in [-0.39, 0.29) is 44.2 Å². The molecule has 0 aliphatic carbocycles. The SMILES string of the molecule is O=C(NO)C1(S(=O)(=O)c2ccc(OCCOc3cncnc3)cc2)CCOCC1. The van der Waals surface area contributed by atoms with Gasteiger partial charge in [-0.2, -0.15) is 0 Å². The Morgan fingerprint density at radius 2 is 1.66 bits per heavy atom. The highest BCUT2D eigenvalue weighted by molar-refractivity contribution is 7.93. The van der Waals surface area contributed by atoms with Crippen molar-refractivity contribution in [3.05, 3.63) is 43.0 Å². The van der Waals surface area contributed by atoms with Crippen LogP contribution >= 0.6 is 0 Å². The maximum atomic E-state index is 13.1. The van der Waals surface area contributed by atoms with Gasteiger partial charge in [-0.3, -0.25) is 10.0 Å². The van der Waals surface area contributed by atoms with E-state index in [4.69, 9.17) is 19.4 Å². The van der Waals surface area contributed by atoms with Crippen LogP contribution in [0.4, 0.5) is 0 Å². The Balaban J connectivity index is 1.65. The number of hydrogen-bond acceptors (Lipinski definition) is 9. The van der Waals surface area contributed by atoms with E-state index >= 15 is 0 Å². The second-order valence-corrected chi connectivity index (χ2v) is 8.55. The van der Waals surface area contributed by atoms with Gasteiger partial charge in [0.05, 0.1) is 17.3 Å². The minimum Gasteiger partial charge on any atom is -0.490 e. The van der Waals surface area contributed by atoms with Crippen molar-refractivity contribution in [3.8, 4) is 11.5 Å². The first-order valence-corrected chi connectivity index (χ1v) is 10.4. The molecule has 11 heteroatoms. The summed E-state index contributed by atoms with van der Waals surface area (Å²) >= 11 is 0. The first kappa shape index (κ1) is 21.0. The Hall–Kier alpha value is -2.76. The van der Waals surface area contributed by atoms with E-state index < -0.39 is 20.5 Å². The second kappa shape index (κ2) is 9.16. The maximum Gasteiger partial charge on any atom is 0.265 e. The summed E-state index contributed by atoms with van der Waals surface area (Å²) in [6, 6.07) is 5.75. The summed E-state index contributed by atoms with van der Waals surface area (Å²) in [6.45, 7) is 0.711. The number of benzene rings is 1. The van der Waals surface area contributed by atoms with Crippen LogP contribution in [-0.4, -0.2) is 60.7 Å². The van der Waals surface area contributed by atoms with Crippen LogP contribution in [0.5, 0.6) is 11.5 Å². The Morgan fingerprint density at radius 3 is 2.24 bits per heavy atom. The topological polar surface area (TPSA) is 137 Å². The number of nitrogens with one attached hydrogen (secondary N) is 1. The van der Waals surface area contributed by atoms with Crippen LogP contribution in [0.1, 0.15) is 12.8 Å². The highest BCUT2D eigenvalue weighted by atomic mass is 32.2. The number of ether oxygens (including phenoxy) is 3. The predicted molar refractivity (Wildman–Crippen MR) is 99.4 cm³/mol. The van der Waals surface area contributed by atoms with Crippen LogP contribution in [0.2, 0.25) is 0 Å². The molecule has 0 spiro atoms. The molecule has 0 radical (unpaired) electrons. The van der Waals surface area contributed by atoms with E-state index in [2.05, 4.69) is 9.97 Å². The molecule has 1 aromatic carbocycles. The van der Waals surface area contributed by atoms with Crippen LogP contribution in [0, 0.1) is 0 Å². The molecular formula is C18H21N3O7S. The number of amides is 1. The largest absolute Gasteiger partial charge is 0.490 e. The monoisotopic (exact) mass is 423 g/mol. The summed E-state index contributed by atoms with van der Waals surface area (Å²) in [5.74, 6) is 0.00845. The molecular weight excluding hydrogens is 402 g/mol. The summed E-state index contributed by atoms with van der Waals surface area (Å²) in [7, 11) is -4.06. The lowest BCUT2D eigenvalue weighted by atomic mass is 9.98. The summed E-state index contributed by atoms with van der Waals surface area (Å²) in [4.78, 5) is 19.9. The number of aromatic nitrogens is 2. The lowest BCUT2D eigenvalue weighted by Crippen LogP contribution is -2.54. The third kappa shape index (κ3) is 4.47. The molecule has 29 heavy (non-hydrogen) atoms. The molecule has 3 rings (SSSR count). The van der Waals surface area contributed by atoms with E-state index in [0.717, 1.165) is 0 Å². The number of rotatable bonds is 8. The molecule has 1 aliphatic rings. The molecule has 2 heterocycles. The fourth-order valence-corrected chi connectivity index (χ4v) is 4.98. The van der Waals surface area contributed by atoms with Gasteiger partial charge >= 0.3 is 0 Å². The average Bonchev–Trinajstić information content (AvgIpc) is 2.77. The second-order valence-electron chi connectivity index (χ2n) is 6.29. The number of hydroxylamine groups is 1. The predicted octanol–water partition coefficient (Wildman–Crippen LogP) is 0.763. The standard InChI is InChI=1S/C18H21N3O7S/c22-17(21-23)18(5-7-26-8-6-18)29(24,25)16-3-1-14(2-4-16)27-9-10-28-15-11-19-13-20-12-15/h1-4,11-13,23H,5-10H2,(H,21,22). The zero-order chi connectivity index (χ0) is 20.7. The molecule has 2 aromatic rings. The molecule has 1 fully saturated rings. The Kier molecular flexibility index (Phi) is 6.62. The van der Waals surface area contributed by atoms with Gasteiger partial charge < -0.3 is 14.2 Å². The van der Waals surface area contributed by atoms with Crippen LogP contribution < -0.4 is 15.0 Å². The minimum absolute atomic E-state index is 0.0342. The average molecular weight is 423 g/mol. The number of carbonyl (C=O) groups is 1. The Bertz CT molecular complexity index is 914. The molecule has 10 nitrogen and oxygen atoms in total. The van der Waals surface area contributed by atoms with Crippen molar-refractivity contribution >= 4 is 15.7 Å². The molecule has 0 bridgehead atoms. The van der Waals surface area contributed by atoms with Gasteiger partial charge in [0.25, 0.3) is 5.91 Å². The lowest BCUT2D eigenvalue weighted by Gasteiger charge is -2.34. The van der Waals surface area contributed by atoms with Crippen LogP contribution in [0.3, 0.4) is 0 Å². The van der Waals surface area contributed by atoms with Crippen molar-refractivity contribution in [1.82, 2.24) is 15.4 Å². The van der Waals surface area contributed by atoms with Crippen LogP contribution in [0.15, 0.2) is 47.9 Å². The highest BCUT2D eigenvalue weighted by Gasteiger charge is 2.52. The minimum atomic E-state index is -4.06. The third-order valence-corrected chi connectivity index (χ3v) is 7.14. The highest BCUT2D eigenvalue weighted by Crippen LogP contribution is 2.35. The van der Waals surface area contributed by atoms with Crippen molar-refractivity contribution in [2.45, 2.75) is 22.5 Å². The quantitative estimate of drug-likeness (QED) is 0.358. The first-order valence-electron chi connectivity index (χ1n) is 8.87. The van der Waals surface area contributed by atoms with Gasteiger partial charge in [-0.15, -0.1) is 0 Å². The Labute approximate surface area is 167 Å². The molecule has 2 N–H and O–H groups in total. The molecule has 1 aliphatic heterocycles. The number of carbonyl (C=O) groups excluding carboxylic acids is 1. The molecule has 156 valence electrons. The Morgan fingerprint density at radius 1 is 1.07 bits per heavy atom. The summed E-state index contributed by atoms with van der Waals surface area (Å²) in [5.41, 5.74) is 1.49. The van der Waals surface area contributed by atoms with Crippen molar-refractivity contribution in [2.24, 2.45) is 0 Å². The van der Waals surface area contributed by atoms with Gasteiger partial charge in [-0.1, -0.05) is 0 Å². The third-order valence-electron chi connectivity index (χ3n) is 4.62. The van der Waals surface area contributed by atoms with Gasteiger partial charge in [0.1, 0.15) is 25.3 Å². The summed E-state index contributed by atoms with van der Waals surface area (Å²) < 4.78 is 40.6.